The van der Waals surface area contributed by atoms with Crippen LogP contribution in [0.3, 0.4) is 0 Å². The average Bonchev–Trinajstić information content (AvgIpc) is 2.08. The molecule has 0 aliphatic carbocycles. The minimum Gasteiger partial charge on any atom is -0.330 e. The van der Waals surface area contributed by atoms with Gasteiger partial charge in [0.25, 0.3) is 0 Å². The molecule has 0 saturated heterocycles. The maximum atomic E-state index is 5.56. The third-order valence-corrected chi connectivity index (χ3v) is 2.60. The molecule has 0 rings (SSSR count). The molecule has 2 heteroatoms. The van der Waals surface area contributed by atoms with Gasteiger partial charge in [0.1, 0.15) is 0 Å². The Kier molecular flexibility index (Phi) is 7.20. The van der Waals surface area contributed by atoms with Gasteiger partial charge in [-0.3, -0.25) is 0 Å². The van der Waals surface area contributed by atoms with E-state index in [1.165, 1.54) is 25.7 Å². The van der Waals surface area contributed by atoms with E-state index in [0.29, 0.717) is 0 Å². The summed E-state index contributed by atoms with van der Waals surface area (Å²) in [6, 6.07) is 0. The first-order valence-electron chi connectivity index (χ1n) is 5.94. The molecule has 0 radical (unpaired) electrons. The molecule has 0 aliphatic rings. The number of hydrogen-bond acceptors (Lipinski definition) is 2. The van der Waals surface area contributed by atoms with Crippen LogP contribution in [0, 0.1) is 5.92 Å². The molecule has 0 aliphatic heterocycles. The van der Waals surface area contributed by atoms with Gasteiger partial charge in [-0.1, -0.05) is 13.3 Å². The molecular formula is C12H28N2. The van der Waals surface area contributed by atoms with Crippen LogP contribution in [0.2, 0.25) is 0 Å². The molecule has 0 spiro atoms. The third kappa shape index (κ3) is 8.52. The summed E-state index contributed by atoms with van der Waals surface area (Å²) < 4.78 is 0. The Morgan fingerprint density at radius 3 is 2.29 bits per heavy atom. The lowest BCUT2D eigenvalue weighted by Crippen LogP contribution is -2.36. The lowest BCUT2D eigenvalue weighted by atomic mass is 9.96. The van der Waals surface area contributed by atoms with Crippen molar-refractivity contribution in [3.63, 3.8) is 0 Å². The Balaban J connectivity index is 3.42. The highest BCUT2D eigenvalue weighted by atomic mass is 14.9. The predicted octanol–water partition coefficient (Wildman–Crippen LogP) is 2.53. The lowest BCUT2D eigenvalue weighted by Gasteiger charge is -2.21. The first kappa shape index (κ1) is 13.9. The lowest BCUT2D eigenvalue weighted by molar-refractivity contribution is 0.382. The van der Waals surface area contributed by atoms with E-state index in [-0.39, 0.29) is 5.54 Å². The normalized spacial score (nSPS) is 14.4. The van der Waals surface area contributed by atoms with Crippen molar-refractivity contribution in [1.82, 2.24) is 5.32 Å². The second-order valence-corrected chi connectivity index (χ2v) is 5.17. The molecule has 3 N–H and O–H groups in total. The fourth-order valence-electron chi connectivity index (χ4n) is 1.64. The molecule has 0 aromatic rings. The molecular weight excluding hydrogens is 172 g/mol. The molecule has 0 amide bonds. The first-order chi connectivity index (χ1) is 6.49. The summed E-state index contributed by atoms with van der Waals surface area (Å²) in [4.78, 5) is 0. The maximum Gasteiger partial charge on any atom is 0.00965 e. The van der Waals surface area contributed by atoms with Crippen molar-refractivity contribution in [2.75, 3.05) is 13.1 Å². The van der Waals surface area contributed by atoms with Crippen LogP contribution in [0.15, 0.2) is 0 Å². The minimum atomic E-state index is 0.260. The first-order valence-corrected chi connectivity index (χ1v) is 5.94. The standard InChI is InChI=1S/C12H28N2/c1-5-11(8-9-13)7-6-10-14-12(2,3)4/h11,14H,5-10,13H2,1-4H3. The van der Waals surface area contributed by atoms with Crippen molar-refractivity contribution in [1.29, 1.82) is 0 Å². The van der Waals surface area contributed by atoms with Crippen LogP contribution < -0.4 is 11.1 Å². The Labute approximate surface area is 89.6 Å². The molecule has 86 valence electrons. The molecule has 1 unspecified atom stereocenters. The van der Waals surface area contributed by atoms with Gasteiger partial charge < -0.3 is 11.1 Å². The van der Waals surface area contributed by atoms with Gasteiger partial charge in [0.05, 0.1) is 0 Å². The van der Waals surface area contributed by atoms with Crippen LogP contribution in [-0.4, -0.2) is 18.6 Å². The highest BCUT2D eigenvalue weighted by molar-refractivity contribution is 4.70. The van der Waals surface area contributed by atoms with Crippen LogP contribution in [0.1, 0.15) is 53.4 Å². The van der Waals surface area contributed by atoms with Gasteiger partial charge in [-0.2, -0.15) is 0 Å². The van der Waals surface area contributed by atoms with Gasteiger partial charge in [-0.05, 0) is 59.0 Å². The Bertz CT molecular complexity index is 127. The number of nitrogens with one attached hydrogen (secondary N) is 1. The summed E-state index contributed by atoms with van der Waals surface area (Å²) in [6.07, 6.45) is 5.05. The molecule has 0 fully saturated rings. The van der Waals surface area contributed by atoms with Crippen LogP contribution in [-0.2, 0) is 0 Å². The monoisotopic (exact) mass is 200 g/mol. The van der Waals surface area contributed by atoms with E-state index < -0.39 is 0 Å². The number of hydrogen-bond donors (Lipinski definition) is 2. The average molecular weight is 200 g/mol. The molecule has 0 bridgehead atoms. The van der Waals surface area contributed by atoms with Gasteiger partial charge in [0.15, 0.2) is 0 Å². The van der Waals surface area contributed by atoms with E-state index in [0.717, 1.165) is 19.0 Å². The largest absolute Gasteiger partial charge is 0.330 e. The second-order valence-electron chi connectivity index (χ2n) is 5.17. The Morgan fingerprint density at radius 2 is 1.86 bits per heavy atom. The van der Waals surface area contributed by atoms with E-state index in [9.17, 15) is 0 Å². The van der Waals surface area contributed by atoms with Gasteiger partial charge in [-0.15, -0.1) is 0 Å². The van der Waals surface area contributed by atoms with Crippen LogP contribution in [0.4, 0.5) is 0 Å². The van der Waals surface area contributed by atoms with Crippen molar-refractivity contribution in [3.8, 4) is 0 Å². The highest BCUT2D eigenvalue weighted by Crippen LogP contribution is 2.14. The van der Waals surface area contributed by atoms with Crippen molar-refractivity contribution < 1.29 is 0 Å². The van der Waals surface area contributed by atoms with Crippen molar-refractivity contribution in [2.24, 2.45) is 11.7 Å². The molecule has 0 saturated carbocycles. The van der Waals surface area contributed by atoms with Crippen LogP contribution in [0.25, 0.3) is 0 Å². The van der Waals surface area contributed by atoms with Gasteiger partial charge in [0, 0.05) is 5.54 Å². The predicted molar refractivity (Wildman–Crippen MR) is 64.4 cm³/mol. The Hall–Kier alpha value is -0.0800. The zero-order chi connectivity index (χ0) is 11.0. The Morgan fingerprint density at radius 1 is 1.21 bits per heavy atom. The van der Waals surface area contributed by atoms with Gasteiger partial charge in [-0.25, -0.2) is 0 Å². The highest BCUT2D eigenvalue weighted by Gasteiger charge is 2.09. The van der Waals surface area contributed by atoms with Crippen molar-refractivity contribution in [2.45, 2.75) is 58.9 Å². The van der Waals surface area contributed by atoms with Crippen LogP contribution >= 0.6 is 0 Å². The summed E-state index contributed by atoms with van der Waals surface area (Å²) >= 11 is 0. The summed E-state index contributed by atoms with van der Waals surface area (Å²) in [5, 5.41) is 3.51. The molecule has 2 nitrogen and oxygen atoms in total. The molecule has 0 aromatic heterocycles. The van der Waals surface area contributed by atoms with E-state index in [2.05, 4.69) is 33.0 Å². The van der Waals surface area contributed by atoms with Crippen molar-refractivity contribution >= 4 is 0 Å². The summed E-state index contributed by atoms with van der Waals surface area (Å²) in [5.74, 6) is 0.835. The zero-order valence-corrected chi connectivity index (χ0v) is 10.4. The third-order valence-electron chi connectivity index (χ3n) is 2.60. The van der Waals surface area contributed by atoms with E-state index >= 15 is 0 Å². The van der Waals surface area contributed by atoms with E-state index in [4.69, 9.17) is 5.73 Å². The zero-order valence-electron chi connectivity index (χ0n) is 10.4. The molecule has 0 aromatic carbocycles. The molecule has 14 heavy (non-hydrogen) atoms. The van der Waals surface area contributed by atoms with E-state index in [1.54, 1.807) is 0 Å². The summed E-state index contributed by atoms with van der Waals surface area (Å²) in [6.45, 7) is 10.9. The smallest absolute Gasteiger partial charge is 0.00965 e. The topological polar surface area (TPSA) is 38.0 Å². The van der Waals surface area contributed by atoms with Crippen LogP contribution in [0.5, 0.6) is 0 Å². The quantitative estimate of drug-likeness (QED) is 0.620. The number of nitrogens with two attached hydrogens (primary N) is 1. The molecule has 0 heterocycles. The maximum absolute atomic E-state index is 5.56. The van der Waals surface area contributed by atoms with Gasteiger partial charge in [0.2, 0.25) is 0 Å². The van der Waals surface area contributed by atoms with E-state index in [1.807, 2.05) is 0 Å². The fourth-order valence-corrected chi connectivity index (χ4v) is 1.64. The molecule has 1 atom stereocenters. The summed E-state index contributed by atoms with van der Waals surface area (Å²) in [5.41, 5.74) is 5.82. The number of rotatable bonds is 7. The van der Waals surface area contributed by atoms with Gasteiger partial charge >= 0.3 is 0 Å². The summed E-state index contributed by atoms with van der Waals surface area (Å²) in [7, 11) is 0. The second kappa shape index (κ2) is 7.24. The minimum absolute atomic E-state index is 0.260. The van der Waals surface area contributed by atoms with Crippen molar-refractivity contribution in [3.05, 3.63) is 0 Å². The fraction of sp³-hybridized carbons (Fsp3) is 1.00. The SMILES string of the molecule is CCC(CCN)CCCNC(C)(C)C.